The first-order valence-corrected chi connectivity index (χ1v) is 11.0. The summed E-state index contributed by atoms with van der Waals surface area (Å²) in [6.45, 7) is 3.44. The fourth-order valence-electron chi connectivity index (χ4n) is 4.82. The molecule has 0 radical (unpaired) electrons. The number of ketones is 1. The zero-order valence-electron chi connectivity index (χ0n) is 17.4. The summed E-state index contributed by atoms with van der Waals surface area (Å²) in [6, 6.07) is 12.2. The van der Waals surface area contributed by atoms with Crippen molar-refractivity contribution in [3.8, 4) is 11.5 Å². The molecule has 0 spiro atoms. The number of anilines is 1. The van der Waals surface area contributed by atoms with Crippen molar-refractivity contribution in [2.75, 3.05) is 37.9 Å². The third-order valence-corrected chi connectivity index (χ3v) is 6.46. The highest BCUT2D eigenvalue weighted by molar-refractivity contribution is 6.10. The maximum absolute atomic E-state index is 13.4. The molecule has 2 aromatic carbocycles. The van der Waals surface area contributed by atoms with Crippen molar-refractivity contribution in [3.63, 3.8) is 0 Å². The third-order valence-electron chi connectivity index (χ3n) is 6.46. The summed E-state index contributed by atoms with van der Waals surface area (Å²) < 4.78 is 11.1. The summed E-state index contributed by atoms with van der Waals surface area (Å²) in [5.41, 5.74) is -0.274. The van der Waals surface area contributed by atoms with Crippen molar-refractivity contribution in [1.82, 2.24) is 0 Å². The number of nitrogens with zero attached hydrogens (tertiary/aromatic N) is 1. The first kappa shape index (κ1) is 20.0. The number of para-hydroxylation sites is 1. The lowest BCUT2D eigenvalue weighted by molar-refractivity contribution is -0.903. The van der Waals surface area contributed by atoms with Crippen molar-refractivity contribution in [3.05, 3.63) is 53.6 Å². The van der Waals surface area contributed by atoms with E-state index in [4.69, 9.17) is 9.47 Å². The van der Waals surface area contributed by atoms with Crippen LogP contribution in [-0.2, 0) is 10.4 Å². The van der Waals surface area contributed by atoms with Crippen LogP contribution in [0.3, 0.4) is 0 Å². The second-order valence-electron chi connectivity index (χ2n) is 8.54. The number of hydrogen-bond donors (Lipinski definition) is 2. The molecule has 1 atom stereocenters. The van der Waals surface area contributed by atoms with E-state index in [-0.39, 0.29) is 12.2 Å². The Labute approximate surface area is 181 Å². The molecule has 162 valence electrons. The molecule has 7 nitrogen and oxygen atoms in total. The van der Waals surface area contributed by atoms with Crippen LogP contribution in [0.2, 0.25) is 0 Å². The highest BCUT2D eigenvalue weighted by Crippen LogP contribution is 2.42. The van der Waals surface area contributed by atoms with E-state index in [1.807, 2.05) is 12.1 Å². The lowest BCUT2D eigenvalue weighted by Crippen LogP contribution is -3.14. The second kappa shape index (κ2) is 7.98. The van der Waals surface area contributed by atoms with Crippen molar-refractivity contribution in [1.29, 1.82) is 0 Å². The monoisotopic (exact) mass is 423 g/mol. The van der Waals surface area contributed by atoms with Crippen LogP contribution in [0.4, 0.5) is 5.69 Å². The van der Waals surface area contributed by atoms with Gasteiger partial charge in [-0.15, -0.1) is 0 Å². The Morgan fingerprint density at radius 3 is 2.58 bits per heavy atom. The number of aliphatic hydroxyl groups is 1. The Morgan fingerprint density at radius 2 is 1.77 bits per heavy atom. The lowest BCUT2D eigenvalue weighted by Gasteiger charge is -2.29. The maximum atomic E-state index is 13.4. The summed E-state index contributed by atoms with van der Waals surface area (Å²) in [5, 5.41) is 11.5. The minimum Gasteiger partial charge on any atom is -0.486 e. The summed E-state index contributed by atoms with van der Waals surface area (Å²) in [7, 11) is 0. The number of carbonyl (C=O) groups excluding carboxylic acids is 2. The summed E-state index contributed by atoms with van der Waals surface area (Å²) in [6.07, 6.45) is 3.20. The van der Waals surface area contributed by atoms with Crippen LogP contribution < -0.4 is 19.3 Å². The largest absolute Gasteiger partial charge is 0.486 e. The van der Waals surface area contributed by atoms with Crippen LogP contribution in [0.15, 0.2) is 42.5 Å². The molecule has 31 heavy (non-hydrogen) atoms. The molecule has 0 saturated carbocycles. The van der Waals surface area contributed by atoms with E-state index in [0.717, 1.165) is 25.9 Å². The van der Waals surface area contributed by atoms with Gasteiger partial charge in [0.25, 0.3) is 5.91 Å². The Morgan fingerprint density at radius 1 is 1.03 bits per heavy atom. The summed E-state index contributed by atoms with van der Waals surface area (Å²) in [4.78, 5) is 29.5. The number of carbonyl (C=O) groups is 2. The molecule has 2 aromatic rings. The number of hydrogen-bond acceptors (Lipinski definition) is 5. The molecule has 1 fully saturated rings. The molecular weight excluding hydrogens is 396 g/mol. The topological polar surface area (TPSA) is 80.5 Å². The predicted molar refractivity (Wildman–Crippen MR) is 114 cm³/mol. The number of benzene rings is 2. The van der Waals surface area contributed by atoms with E-state index in [2.05, 4.69) is 0 Å². The number of ether oxygens (including phenoxy) is 2. The highest BCUT2D eigenvalue weighted by Gasteiger charge is 2.51. The number of Topliss-reactive ketones (excluding diaryl/α,β-unsaturated/α-hetero) is 1. The van der Waals surface area contributed by atoms with Crippen LogP contribution in [0.1, 0.15) is 41.6 Å². The van der Waals surface area contributed by atoms with Gasteiger partial charge in [-0.1, -0.05) is 18.2 Å². The quantitative estimate of drug-likeness (QED) is 0.709. The van der Waals surface area contributed by atoms with E-state index < -0.39 is 11.5 Å². The van der Waals surface area contributed by atoms with E-state index >= 15 is 0 Å². The number of nitrogens with one attached hydrogen (secondary N) is 1. The van der Waals surface area contributed by atoms with Gasteiger partial charge in [-0.05, 0) is 43.5 Å². The number of likely N-dealkylation sites (tertiary alicyclic amines) is 1. The summed E-state index contributed by atoms with van der Waals surface area (Å²) in [5.74, 6) is 0.379. The second-order valence-corrected chi connectivity index (χ2v) is 8.54. The van der Waals surface area contributed by atoms with Gasteiger partial charge >= 0.3 is 0 Å². The van der Waals surface area contributed by atoms with E-state index in [1.54, 1.807) is 35.2 Å². The Kier molecular flexibility index (Phi) is 5.16. The zero-order valence-corrected chi connectivity index (χ0v) is 17.4. The molecule has 7 heteroatoms. The van der Waals surface area contributed by atoms with E-state index in [9.17, 15) is 14.7 Å². The number of fused-ring (bicyclic) bond motifs is 2. The molecule has 0 aliphatic carbocycles. The number of amides is 1. The Bertz CT molecular complexity index is 1020. The smallest absolute Gasteiger partial charge is 0.268 e. The maximum Gasteiger partial charge on any atom is 0.268 e. The predicted octanol–water partition coefficient (Wildman–Crippen LogP) is 1.29. The van der Waals surface area contributed by atoms with Crippen molar-refractivity contribution < 1.29 is 29.1 Å². The molecule has 1 saturated heterocycles. The normalized spacial score (nSPS) is 23.0. The third kappa shape index (κ3) is 3.58. The van der Waals surface area contributed by atoms with Gasteiger partial charge in [-0.2, -0.15) is 0 Å². The van der Waals surface area contributed by atoms with E-state index in [1.165, 1.54) is 11.3 Å². The van der Waals surface area contributed by atoms with Crippen molar-refractivity contribution in [2.24, 2.45) is 0 Å². The number of rotatable bonds is 5. The Balaban J connectivity index is 1.41. The van der Waals surface area contributed by atoms with Gasteiger partial charge in [0.2, 0.25) is 0 Å². The minimum atomic E-state index is -1.86. The van der Waals surface area contributed by atoms with Gasteiger partial charge in [-0.3, -0.25) is 14.5 Å². The molecule has 1 amide bonds. The first-order valence-electron chi connectivity index (χ1n) is 11.0. The van der Waals surface area contributed by atoms with Crippen LogP contribution in [0.5, 0.6) is 11.5 Å². The molecule has 0 aromatic heterocycles. The zero-order chi connectivity index (χ0) is 21.4. The molecule has 0 unspecified atom stereocenters. The number of piperidine rings is 1. The fourth-order valence-corrected chi connectivity index (χ4v) is 4.82. The fraction of sp³-hybridized carbons (Fsp3) is 0.417. The molecule has 3 aliphatic heterocycles. The highest BCUT2D eigenvalue weighted by atomic mass is 16.6. The van der Waals surface area contributed by atoms with Crippen LogP contribution in [-0.4, -0.2) is 49.8 Å². The molecule has 3 aliphatic rings. The van der Waals surface area contributed by atoms with Gasteiger partial charge in [0.15, 0.2) is 29.6 Å². The van der Waals surface area contributed by atoms with Gasteiger partial charge in [0, 0.05) is 11.1 Å². The SMILES string of the molecule is O=C(C[C@]1(O)C(=O)N(C[NH+]2CCCCC2)c2ccccc21)c1ccc2c(c1)OCCO2. The summed E-state index contributed by atoms with van der Waals surface area (Å²) >= 11 is 0. The molecule has 3 heterocycles. The van der Waals surface area contributed by atoms with Crippen LogP contribution >= 0.6 is 0 Å². The van der Waals surface area contributed by atoms with Crippen LogP contribution in [0.25, 0.3) is 0 Å². The van der Waals surface area contributed by atoms with Gasteiger partial charge in [0.1, 0.15) is 13.2 Å². The average molecular weight is 423 g/mol. The molecular formula is C24H27N2O5+. The van der Waals surface area contributed by atoms with Gasteiger partial charge in [-0.25, -0.2) is 0 Å². The average Bonchev–Trinajstić information content (AvgIpc) is 3.01. The van der Waals surface area contributed by atoms with Crippen molar-refractivity contribution in [2.45, 2.75) is 31.3 Å². The lowest BCUT2D eigenvalue weighted by atomic mass is 9.88. The number of quaternary nitrogens is 1. The van der Waals surface area contributed by atoms with Gasteiger partial charge in [0.05, 0.1) is 25.2 Å². The van der Waals surface area contributed by atoms with Gasteiger partial charge < -0.3 is 19.5 Å². The molecule has 2 N–H and O–H groups in total. The minimum absolute atomic E-state index is 0.310. The first-order chi connectivity index (χ1) is 15.1. The standard InChI is InChI=1S/C24H26N2O5/c27-20(17-8-9-21-22(14-17)31-13-12-30-21)15-24(29)18-6-2-3-7-19(18)26(23(24)28)16-25-10-4-1-5-11-25/h2-3,6-9,14,29H,1,4-5,10-13,15-16H2/p+1/t24-/m1/s1. The Hall–Kier alpha value is -2.90. The van der Waals surface area contributed by atoms with E-state index in [0.29, 0.717) is 48.2 Å². The molecule has 5 rings (SSSR count). The van der Waals surface area contributed by atoms with Crippen molar-refractivity contribution >= 4 is 17.4 Å². The molecule has 0 bridgehead atoms. The van der Waals surface area contributed by atoms with Crippen LogP contribution in [0, 0.1) is 0 Å².